The Kier molecular flexibility index (Phi) is 3.22. The van der Waals surface area contributed by atoms with Gasteiger partial charge in [0, 0.05) is 17.1 Å². The van der Waals surface area contributed by atoms with Gasteiger partial charge in [-0.3, -0.25) is 0 Å². The predicted octanol–water partition coefficient (Wildman–Crippen LogP) is 3.71. The van der Waals surface area contributed by atoms with Gasteiger partial charge in [-0.2, -0.15) is 0 Å². The molecular weight excluding hydrogens is 277 g/mol. The number of benzene rings is 1. The average molecular weight is 291 g/mol. The van der Waals surface area contributed by atoms with Crippen molar-refractivity contribution >= 4 is 23.0 Å². The van der Waals surface area contributed by atoms with E-state index in [1.165, 1.54) is 22.6 Å². The molecule has 20 heavy (non-hydrogen) atoms. The van der Waals surface area contributed by atoms with Gasteiger partial charge in [0.1, 0.15) is 5.82 Å². The Labute approximate surface area is 120 Å². The zero-order chi connectivity index (χ0) is 14.3. The fraction of sp³-hybridized carbons (Fsp3) is 0.267. The van der Waals surface area contributed by atoms with Crippen LogP contribution in [0.25, 0.3) is 0 Å². The number of carboxylic acid groups (broad SMARTS) is 1. The number of aromatic carboxylic acids is 1. The smallest absolute Gasteiger partial charge is 0.338 e. The standard InChI is InChI=1S/C15H14FNO2S/c1-9-11-5-7-20-14(11)4-6-17(9)10-2-3-12(15(18)19)13(16)8-10/h2-3,5,7-9H,4,6H2,1H3,(H,18,19). The second-order valence-corrected chi connectivity index (χ2v) is 5.89. The minimum absolute atomic E-state index is 0.181. The summed E-state index contributed by atoms with van der Waals surface area (Å²) >= 11 is 1.76. The molecule has 2 aromatic rings. The van der Waals surface area contributed by atoms with E-state index in [9.17, 15) is 9.18 Å². The molecule has 1 aliphatic rings. The van der Waals surface area contributed by atoms with Crippen LogP contribution in [-0.2, 0) is 6.42 Å². The van der Waals surface area contributed by atoms with E-state index in [4.69, 9.17) is 5.11 Å². The Bertz CT molecular complexity index is 668. The quantitative estimate of drug-likeness (QED) is 0.917. The van der Waals surface area contributed by atoms with Gasteiger partial charge in [0.15, 0.2) is 0 Å². The molecule has 1 aromatic carbocycles. The van der Waals surface area contributed by atoms with Crippen molar-refractivity contribution in [3.05, 3.63) is 51.5 Å². The number of nitrogens with zero attached hydrogens (tertiary/aromatic N) is 1. The lowest BCUT2D eigenvalue weighted by Crippen LogP contribution is -2.33. The first-order valence-electron chi connectivity index (χ1n) is 6.43. The Balaban J connectivity index is 1.95. The lowest BCUT2D eigenvalue weighted by atomic mass is 10.0. The number of thiophene rings is 1. The van der Waals surface area contributed by atoms with Crippen molar-refractivity contribution in [3.8, 4) is 0 Å². The summed E-state index contributed by atoms with van der Waals surface area (Å²) in [6.45, 7) is 2.91. The molecule has 1 aromatic heterocycles. The average Bonchev–Trinajstić information content (AvgIpc) is 2.87. The van der Waals surface area contributed by atoms with Gasteiger partial charge in [0.05, 0.1) is 11.6 Å². The van der Waals surface area contributed by atoms with Crippen molar-refractivity contribution in [1.82, 2.24) is 0 Å². The summed E-state index contributed by atoms with van der Waals surface area (Å²) in [7, 11) is 0. The van der Waals surface area contributed by atoms with Gasteiger partial charge in [-0.05, 0) is 48.6 Å². The molecule has 0 aliphatic carbocycles. The van der Waals surface area contributed by atoms with Crippen LogP contribution in [0.3, 0.4) is 0 Å². The molecule has 104 valence electrons. The lowest BCUT2D eigenvalue weighted by molar-refractivity contribution is 0.0692. The van der Waals surface area contributed by atoms with E-state index in [-0.39, 0.29) is 11.6 Å². The maximum absolute atomic E-state index is 13.8. The third kappa shape index (κ3) is 2.08. The van der Waals surface area contributed by atoms with E-state index < -0.39 is 11.8 Å². The summed E-state index contributed by atoms with van der Waals surface area (Å²) in [5.74, 6) is -1.92. The highest BCUT2D eigenvalue weighted by atomic mass is 32.1. The number of hydrogen-bond donors (Lipinski definition) is 1. The first kappa shape index (κ1) is 13.1. The minimum atomic E-state index is -1.24. The minimum Gasteiger partial charge on any atom is -0.478 e. The molecule has 0 amide bonds. The monoisotopic (exact) mass is 291 g/mol. The van der Waals surface area contributed by atoms with Crippen molar-refractivity contribution in [1.29, 1.82) is 0 Å². The van der Waals surface area contributed by atoms with Crippen LogP contribution in [0.15, 0.2) is 29.6 Å². The summed E-state index contributed by atoms with van der Waals surface area (Å²) < 4.78 is 13.8. The van der Waals surface area contributed by atoms with Crippen molar-refractivity contribution in [2.24, 2.45) is 0 Å². The zero-order valence-electron chi connectivity index (χ0n) is 11.0. The van der Waals surface area contributed by atoms with Gasteiger partial charge in [-0.15, -0.1) is 11.3 Å². The molecule has 0 radical (unpaired) electrons. The number of halogens is 1. The Morgan fingerprint density at radius 2 is 2.25 bits per heavy atom. The van der Waals surface area contributed by atoms with Crippen LogP contribution in [0.4, 0.5) is 10.1 Å². The van der Waals surface area contributed by atoms with Gasteiger partial charge in [0.25, 0.3) is 0 Å². The molecule has 1 atom stereocenters. The van der Waals surface area contributed by atoms with Crippen LogP contribution >= 0.6 is 11.3 Å². The highest BCUT2D eigenvalue weighted by Gasteiger charge is 2.25. The Hall–Kier alpha value is -1.88. The Morgan fingerprint density at radius 1 is 1.45 bits per heavy atom. The number of carboxylic acids is 1. The fourth-order valence-electron chi connectivity index (χ4n) is 2.72. The number of hydrogen-bond acceptors (Lipinski definition) is 3. The largest absolute Gasteiger partial charge is 0.478 e. The molecular formula is C15H14FNO2S. The third-order valence-corrected chi connectivity index (χ3v) is 4.79. The third-order valence-electron chi connectivity index (χ3n) is 3.79. The van der Waals surface area contributed by atoms with E-state index >= 15 is 0 Å². The Morgan fingerprint density at radius 3 is 2.95 bits per heavy atom. The van der Waals surface area contributed by atoms with Crippen molar-refractivity contribution in [2.75, 3.05) is 11.4 Å². The summed E-state index contributed by atoms with van der Waals surface area (Å²) in [6.07, 6.45) is 0.944. The SMILES string of the molecule is CC1c2ccsc2CCN1c1ccc(C(=O)O)c(F)c1. The van der Waals surface area contributed by atoms with Gasteiger partial charge in [-0.1, -0.05) is 0 Å². The van der Waals surface area contributed by atoms with Crippen molar-refractivity contribution in [2.45, 2.75) is 19.4 Å². The summed E-state index contributed by atoms with van der Waals surface area (Å²) in [5, 5.41) is 11.0. The highest BCUT2D eigenvalue weighted by Crippen LogP contribution is 2.36. The van der Waals surface area contributed by atoms with Crippen molar-refractivity contribution < 1.29 is 14.3 Å². The summed E-state index contributed by atoms with van der Waals surface area (Å²) in [4.78, 5) is 14.4. The molecule has 1 unspecified atom stereocenters. The van der Waals surface area contributed by atoms with E-state index in [0.717, 1.165) is 18.7 Å². The zero-order valence-corrected chi connectivity index (χ0v) is 11.8. The van der Waals surface area contributed by atoms with E-state index in [1.54, 1.807) is 17.4 Å². The predicted molar refractivity (Wildman–Crippen MR) is 77.1 cm³/mol. The van der Waals surface area contributed by atoms with Crippen LogP contribution in [0.2, 0.25) is 0 Å². The molecule has 0 saturated carbocycles. The van der Waals surface area contributed by atoms with Gasteiger partial charge in [-0.25, -0.2) is 9.18 Å². The molecule has 3 rings (SSSR count). The topological polar surface area (TPSA) is 40.5 Å². The van der Waals surface area contributed by atoms with Crippen molar-refractivity contribution in [3.63, 3.8) is 0 Å². The second-order valence-electron chi connectivity index (χ2n) is 4.89. The maximum Gasteiger partial charge on any atom is 0.338 e. The molecule has 0 saturated heterocycles. The van der Waals surface area contributed by atoms with Crippen LogP contribution in [0.1, 0.15) is 33.8 Å². The normalized spacial score (nSPS) is 17.9. The van der Waals surface area contributed by atoms with E-state index in [2.05, 4.69) is 23.3 Å². The lowest BCUT2D eigenvalue weighted by Gasteiger charge is -2.35. The molecule has 1 aliphatic heterocycles. The molecule has 0 bridgehead atoms. The number of rotatable bonds is 2. The van der Waals surface area contributed by atoms with Crippen LogP contribution < -0.4 is 4.90 Å². The molecule has 3 nitrogen and oxygen atoms in total. The van der Waals surface area contributed by atoms with Crippen LogP contribution in [0, 0.1) is 5.82 Å². The first-order valence-corrected chi connectivity index (χ1v) is 7.31. The van der Waals surface area contributed by atoms with E-state index in [0.29, 0.717) is 0 Å². The second kappa shape index (κ2) is 4.90. The van der Waals surface area contributed by atoms with Crippen LogP contribution in [0.5, 0.6) is 0 Å². The molecule has 0 fully saturated rings. The molecule has 0 spiro atoms. The number of fused-ring (bicyclic) bond motifs is 1. The van der Waals surface area contributed by atoms with E-state index in [1.807, 2.05) is 0 Å². The van der Waals surface area contributed by atoms with Crippen LogP contribution in [-0.4, -0.2) is 17.6 Å². The first-order chi connectivity index (χ1) is 9.58. The molecule has 5 heteroatoms. The van der Waals surface area contributed by atoms with Gasteiger partial charge < -0.3 is 10.0 Å². The number of carbonyl (C=O) groups is 1. The fourth-order valence-corrected chi connectivity index (χ4v) is 3.68. The molecule has 1 N–H and O–H groups in total. The summed E-state index contributed by atoms with van der Waals surface area (Å²) in [6, 6.07) is 6.62. The maximum atomic E-state index is 13.8. The van der Waals surface area contributed by atoms with Gasteiger partial charge in [0.2, 0.25) is 0 Å². The highest BCUT2D eigenvalue weighted by molar-refractivity contribution is 7.10. The summed E-state index contributed by atoms with van der Waals surface area (Å²) in [5.41, 5.74) is 1.73. The van der Waals surface area contributed by atoms with Gasteiger partial charge >= 0.3 is 5.97 Å². The number of anilines is 1. The molecule has 2 heterocycles.